The van der Waals surface area contributed by atoms with Crippen LogP contribution in [0.2, 0.25) is 0 Å². The SMILES string of the molecule is N=C(N)CCCNS(=O)(=O)CCCC(F)(F)F. The van der Waals surface area contributed by atoms with Crippen molar-refractivity contribution in [2.75, 3.05) is 12.3 Å². The van der Waals surface area contributed by atoms with Crippen LogP contribution in [0.1, 0.15) is 25.7 Å². The van der Waals surface area contributed by atoms with Crippen molar-refractivity contribution < 1.29 is 21.6 Å². The fourth-order valence-corrected chi connectivity index (χ4v) is 2.17. The number of alkyl halides is 3. The van der Waals surface area contributed by atoms with Crippen LogP contribution in [0, 0.1) is 5.41 Å². The van der Waals surface area contributed by atoms with Gasteiger partial charge in [0.1, 0.15) is 0 Å². The average Bonchev–Trinajstić information content (AvgIpc) is 2.09. The lowest BCUT2D eigenvalue weighted by molar-refractivity contribution is -0.134. The van der Waals surface area contributed by atoms with Gasteiger partial charge in [0.15, 0.2) is 0 Å². The summed E-state index contributed by atoms with van der Waals surface area (Å²) in [6.07, 6.45) is -5.28. The van der Waals surface area contributed by atoms with Crippen LogP contribution in [0.4, 0.5) is 13.2 Å². The lowest BCUT2D eigenvalue weighted by Gasteiger charge is -2.08. The average molecular weight is 275 g/mol. The first kappa shape index (κ1) is 16.2. The third-order valence-corrected chi connectivity index (χ3v) is 3.29. The van der Waals surface area contributed by atoms with Crippen LogP contribution in [0.5, 0.6) is 0 Å². The zero-order chi connectivity index (χ0) is 13.5. The molecule has 102 valence electrons. The fraction of sp³-hybridized carbons (Fsp3) is 0.875. The lowest BCUT2D eigenvalue weighted by Crippen LogP contribution is -2.28. The van der Waals surface area contributed by atoms with Gasteiger partial charge in [-0.1, -0.05) is 0 Å². The minimum Gasteiger partial charge on any atom is -0.388 e. The standard InChI is InChI=1S/C8H16F3N3O2S/c9-8(10,11)4-2-6-17(15,16)14-5-1-3-7(12)13/h14H,1-6H2,(H3,12,13). The largest absolute Gasteiger partial charge is 0.389 e. The minimum atomic E-state index is -4.33. The summed E-state index contributed by atoms with van der Waals surface area (Å²) in [6, 6.07) is 0. The number of nitrogens with one attached hydrogen (secondary N) is 2. The first-order valence-electron chi connectivity index (χ1n) is 4.99. The second kappa shape index (κ2) is 6.80. The molecule has 0 unspecified atom stereocenters. The second-order valence-electron chi connectivity index (χ2n) is 3.56. The zero-order valence-corrected chi connectivity index (χ0v) is 10.00. The number of sulfonamides is 1. The Balaban J connectivity index is 3.78. The molecule has 0 aliphatic rings. The van der Waals surface area contributed by atoms with Crippen LogP contribution in [-0.4, -0.2) is 32.7 Å². The van der Waals surface area contributed by atoms with Gasteiger partial charge in [-0.15, -0.1) is 0 Å². The molecule has 0 heterocycles. The van der Waals surface area contributed by atoms with E-state index in [-0.39, 0.29) is 18.8 Å². The zero-order valence-electron chi connectivity index (χ0n) is 9.18. The van der Waals surface area contributed by atoms with E-state index in [1.807, 2.05) is 0 Å². The molecule has 0 saturated carbocycles. The number of hydrogen-bond acceptors (Lipinski definition) is 3. The maximum Gasteiger partial charge on any atom is 0.389 e. The highest BCUT2D eigenvalue weighted by molar-refractivity contribution is 7.89. The highest BCUT2D eigenvalue weighted by Gasteiger charge is 2.27. The fourth-order valence-electron chi connectivity index (χ4n) is 1.04. The van der Waals surface area contributed by atoms with E-state index in [0.717, 1.165) is 0 Å². The number of hydrogen-bond donors (Lipinski definition) is 3. The van der Waals surface area contributed by atoms with E-state index in [2.05, 4.69) is 4.72 Å². The Hall–Kier alpha value is -0.830. The molecule has 4 N–H and O–H groups in total. The van der Waals surface area contributed by atoms with Crippen molar-refractivity contribution in [3.05, 3.63) is 0 Å². The van der Waals surface area contributed by atoms with Gasteiger partial charge in [0.05, 0.1) is 11.6 Å². The third kappa shape index (κ3) is 11.4. The van der Waals surface area contributed by atoms with Crippen molar-refractivity contribution in [3.63, 3.8) is 0 Å². The summed E-state index contributed by atoms with van der Waals surface area (Å²) in [7, 11) is -3.66. The maximum absolute atomic E-state index is 11.8. The molecule has 9 heteroatoms. The Morgan fingerprint density at radius 1 is 1.29 bits per heavy atom. The van der Waals surface area contributed by atoms with E-state index >= 15 is 0 Å². The predicted octanol–water partition coefficient (Wildman–Crippen LogP) is 0.964. The summed E-state index contributed by atoms with van der Waals surface area (Å²) in [5.74, 6) is -0.603. The minimum absolute atomic E-state index is 0.0544. The summed E-state index contributed by atoms with van der Waals surface area (Å²) in [5.41, 5.74) is 5.05. The molecule has 0 bridgehead atoms. The van der Waals surface area contributed by atoms with Gasteiger partial charge in [0.25, 0.3) is 0 Å². The van der Waals surface area contributed by atoms with E-state index in [4.69, 9.17) is 11.1 Å². The first-order chi connectivity index (χ1) is 7.62. The highest BCUT2D eigenvalue weighted by Crippen LogP contribution is 2.21. The van der Waals surface area contributed by atoms with Gasteiger partial charge in [0, 0.05) is 19.4 Å². The Bertz CT molecular complexity index is 340. The van der Waals surface area contributed by atoms with Crippen LogP contribution in [0.25, 0.3) is 0 Å². The topological polar surface area (TPSA) is 96.0 Å². The molecule has 0 amide bonds. The van der Waals surface area contributed by atoms with Gasteiger partial charge in [-0.05, 0) is 12.8 Å². The van der Waals surface area contributed by atoms with Gasteiger partial charge < -0.3 is 5.73 Å². The molecule has 0 radical (unpaired) electrons. The van der Waals surface area contributed by atoms with Crippen LogP contribution in [0.15, 0.2) is 0 Å². The number of amidine groups is 1. The molecular weight excluding hydrogens is 259 g/mol. The van der Waals surface area contributed by atoms with Crippen molar-refractivity contribution in [1.82, 2.24) is 4.72 Å². The molecule has 0 aromatic rings. The van der Waals surface area contributed by atoms with Crippen molar-refractivity contribution in [3.8, 4) is 0 Å². The third-order valence-electron chi connectivity index (χ3n) is 1.82. The van der Waals surface area contributed by atoms with E-state index in [9.17, 15) is 21.6 Å². The molecule has 0 aliphatic carbocycles. The summed E-state index contributed by atoms with van der Waals surface area (Å²) in [6.45, 7) is 0.0773. The molecule has 0 aliphatic heterocycles. The van der Waals surface area contributed by atoms with Crippen molar-refractivity contribution >= 4 is 15.9 Å². The Labute approximate surface area is 98.1 Å². The Morgan fingerprint density at radius 3 is 2.35 bits per heavy atom. The van der Waals surface area contributed by atoms with Gasteiger partial charge in [-0.25, -0.2) is 13.1 Å². The van der Waals surface area contributed by atoms with Gasteiger partial charge >= 0.3 is 6.18 Å². The predicted molar refractivity (Wildman–Crippen MR) is 58.2 cm³/mol. The molecule has 0 saturated heterocycles. The van der Waals surface area contributed by atoms with Gasteiger partial charge in [-0.2, -0.15) is 13.2 Å². The number of rotatable bonds is 8. The Morgan fingerprint density at radius 2 is 1.88 bits per heavy atom. The second-order valence-corrected chi connectivity index (χ2v) is 5.49. The summed E-state index contributed by atoms with van der Waals surface area (Å²) < 4.78 is 59.9. The molecular formula is C8H16F3N3O2S. The van der Waals surface area contributed by atoms with Crippen molar-refractivity contribution in [2.24, 2.45) is 5.73 Å². The van der Waals surface area contributed by atoms with Gasteiger partial charge in [-0.3, -0.25) is 5.41 Å². The summed E-state index contributed by atoms with van der Waals surface area (Å²) in [4.78, 5) is 0. The molecule has 5 nitrogen and oxygen atoms in total. The summed E-state index contributed by atoms with van der Waals surface area (Å²) >= 11 is 0. The van der Waals surface area contributed by atoms with Crippen LogP contribution in [0.3, 0.4) is 0 Å². The highest BCUT2D eigenvalue weighted by atomic mass is 32.2. The lowest BCUT2D eigenvalue weighted by atomic mass is 10.3. The van der Waals surface area contributed by atoms with E-state index in [1.165, 1.54) is 0 Å². The smallest absolute Gasteiger partial charge is 0.388 e. The number of nitrogens with two attached hydrogens (primary N) is 1. The molecule has 0 rings (SSSR count). The monoisotopic (exact) mass is 275 g/mol. The quantitative estimate of drug-likeness (QED) is 0.350. The molecule has 0 atom stereocenters. The number of halogens is 3. The van der Waals surface area contributed by atoms with Gasteiger partial charge in [0.2, 0.25) is 10.0 Å². The molecule has 17 heavy (non-hydrogen) atoms. The first-order valence-corrected chi connectivity index (χ1v) is 6.64. The molecule has 0 spiro atoms. The van der Waals surface area contributed by atoms with Crippen molar-refractivity contribution in [2.45, 2.75) is 31.9 Å². The Kier molecular flexibility index (Phi) is 6.46. The van der Waals surface area contributed by atoms with Crippen LogP contribution >= 0.6 is 0 Å². The maximum atomic E-state index is 11.8. The van der Waals surface area contributed by atoms with Crippen molar-refractivity contribution in [1.29, 1.82) is 5.41 Å². The van der Waals surface area contributed by atoms with E-state index in [0.29, 0.717) is 6.42 Å². The molecule has 0 fully saturated rings. The van der Waals surface area contributed by atoms with Crippen LogP contribution in [-0.2, 0) is 10.0 Å². The normalized spacial score (nSPS) is 12.6. The van der Waals surface area contributed by atoms with E-state index in [1.54, 1.807) is 0 Å². The molecule has 0 aromatic heterocycles. The summed E-state index contributed by atoms with van der Waals surface area (Å²) in [5, 5.41) is 6.88. The molecule has 0 aromatic carbocycles. The van der Waals surface area contributed by atoms with Crippen LogP contribution < -0.4 is 10.5 Å². The van der Waals surface area contributed by atoms with E-state index < -0.39 is 34.8 Å².